The van der Waals surface area contributed by atoms with Crippen molar-refractivity contribution in [2.45, 2.75) is 16.8 Å². The van der Waals surface area contributed by atoms with Gasteiger partial charge in [-0.15, -0.1) is 0 Å². The monoisotopic (exact) mass is 214 g/mol. The van der Waals surface area contributed by atoms with Gasteiger partial charge in [-0.2, -0.15) is 5.26 Å². The van der Waals surface area contributed by atoms with Crippen LogP contribution < -0.4 is 0 Å². The predicted molar refractivity (Wildman–Crippen MR) is 60.7 cm³/mol. The molecule has 1 aromatic carbocycles. The first kappa shape index (κ1) is 9.88. The van der Waals surface area contributed by atoms with E-state index >= 15 is 0 Å². The summed E-state index contributed by atoms with van der Waals surface area (Å²) < 4.78 is 1.56. The molecule has 1 aromatic heterocycles. The Labute approximate surface area is 93.2 Å². The quantitative estimate of drug-likeness (QED) is 0.767. The summed E-state index contributed by atoms with van der Waals surface area (Å²) in [4.78, 5) is 1.15. The molecule has 15 heavy (non-hydrogen) atoms. The highest BCUT2D eigenvalue weighted by Crippen LogP contribution is 2.27. The number of nitrogens with zero attached hydrogens (tertiary/aromatic N) is 2. The van der Waals surface area contributed by atoms with Crippen LogP contribution in [0.15, 0.2) is 52.5 Å². The molecule has 0 saturated carbocycles. The van der Waals surface area contributed by atoms with E-state index in [1.807, 2.05) is 12.1 Å². The van der Waals surface area contributed by atoms with Gasteiger partial charge >= 0.3 is 0 Å². The first-order chi connectivity index (χ1) is 7.29. The summed E-state index contributed by atoms with van der Waals surface area (Å²) in [6, 6.07) is 12.1. The van der Waals surface area contributed by atoms with Crippen molar-refractivity contribution in [3.63, 3.8) is 0 Å². The van der Waals surface area contributed by atoms with E-state index in [1.165, 1.54) is 5.56 Å². The fraction of sp³-hybridized carbons (Fsp3) is 0.0833. The van der Waals surface area contributed by atoms with Crippen LogP contribution in [0.3, 0.4) is 0 Å². The van der Waals surface area contributed by atoms with Crippen LogP contribution in [0.1, 0.15) is 5.56 Å². The maximum Gasteiger partial charge on any atom is 0.189 e. The molecule has 74 valence electrons. The molecule has 0 bridgehead atoms. The van der Waals surface area contributed by atoms with Crippen LogP contribution in [0.2, 0.25) is 0 Å². The van der Waals surface area contributed by atoms with Crippen molar-refractivity contribution >= 4 is 11.8 Å². The van der Waals surface area contributed by atoms with Crippen LogP contribution in [0.5, 0.6) is 0 Å². The fourth-order valence-electron chi connectivity index (χ4n) is 1.26. The molecule has 0 unspecified atom stereocenters. The lowest BCUT2D eigenvalue weighted by molar-refractivity contribution is 0.975. The predicted octanol–water partition coefficient (Wildman–Crippen LogP) is 3.28. The van der Waals surface area contributed by atoms with E-state index in [2.05, 4.69) is 37.4 Å². The lowest BCUT2D eigenvalue weighted by Gasteiger charge is -2.01. The highest BCUT2D eigenvalue weighted by atomic mass is 32.2. The van der Waals surface area contributed by atoms with E-state index in [4.69, 9.17) is 5.26 Å². The molecule has 0 radical (unpaired) electrons. The molecule has 2 nitrogen and oxygen atoms in total. The van der Waals surface area contributed by atoms with Crippen LogP contribution in [-0.4, -0.2) is 4.57 Å². The highest BCUT2D eigenvalue weighted by Gasteiger charge is 2.01. The zero-order valence-corrected chi connectivity index (χ0v) is 9.16. The third-order valence-electron chi connectivity index (χ3n) is 2.06. The number of aryl methyl sites for hydroxylation is 1. The SMILES string of the molecule is Cc1ccc(Sc2cccn2C#N)cc1. The number of hydrogen-bond acceptors (Lipinski definition) is 2. The molecule has 0 aliphatic rings. The van der Waals surface area contributed by atoms with Crippen molar-refractivity contribution < 1.29 is 0 Å². The number of aromatic nitrogens is 1. The van der Waals surface area contributed by atoms with E-state index in [0.29, 0.717) is 0 Å². The largest absolute Gasteiger partial charge is 0.249 e. The standard InChI is InChI=1S/C12H10N2S/c1-10-4-6-11(7-5-10)15-12-3-2-8-14(12)9-13/h2-8H,1H3. The van der Waals surface area contributed by atoms with E-state index < -0.39 is 0 Å². The summed E-state index contributed by atoms with van der Waals surface area (Å²) in [5.74, 6) is 0. The summed E-state index contributed by atoms with van der Waals surface area (Å²) in [5.41, 5.74) is 1.25. The van der Waals surface area contributed by atoms with Crippen molar-refractivity contribution in [2.75, 3.05) is 0 Å². The Bertz CT molecular complexity index is 491. The Morgan fingerprint density at radius 1 is 1.20 bits per heavy atom. The van der Waals surface area contributed by atoms with E-state index in [1.54, 1.807) is 22.5 Å². The highest BCUT2D eigenvalue weighted by molar-refractivity contribution is 7.99. The summed E-state index contributed by atoms with van der Waals surface area (Å²) in [6.07, 6.45) is 3.86. The Balaban J connectivity index is 2.23. The molecule has 0 amide bonds. The van der Waals surface area contributed by atoms with Crippen molar-refractivity contribution in [1.29, 1.82) is 5.26 Å². The van der Waals surface area contributed by atoms with Gasteiger partial charge in [0.1, 0.15) is 0 Å². The first-order valence-corrected chi connectivity index (χ1v) is 5.43. The topological polar surface area (TPSA) is 28.7 Å². The van der Waals surface area contributed by atoms with Crippen LogP contribution in [-0.2, 0) is 0 Å². The van der Waals surface area contributed by atoms with Crippen LogP contribution >= 0.6 is 11.8 Å². The van der Waals surface area contributed by atoms with Gasteiger partial charge in [-0.05, 0) is 31.2 Å². The molecule has 2 aromatic rings. The third kappa shape index (κ3) is 2.23. The zero-order chi connectivity index (χ0) is 10.7. The lowest BCUT2D eigenvalue weighted by Crippen LogP contribution is -1.86. The van der Waals surface area contributed by atoms with Gasteiger partial charge in [-0.1, -0.05) is 29.5 Å². The minimum Gasteiger partial charge on any atom is -0.249 e. The smallest absolute Gasteiger partial charge is 0.189 e. The van der Waals surface area contributed by atoms with Crippen molar-refractivity contribution in [3.8, 4) is 6.19 Å². The fourth-order valence-corrected chi connectivity index (χ4v) is 2.12. The van der Waals surface area contributed by atoms with Gasteiger partial charge < -0.3 is 0 Å². The Morgan fingerprint density at radius 3 is 2.60 bits per heavy atom. The Kier molecular flexibility index (Phi) is 2.79. The average molecular weight is 214 g/mol. The normalized spacial score (nSPS) is 9.87. The van der Waals surface area contributed by atoms with Gasteiger partial charge in [-0.3, -0.25) is 0 Å². The third-order valence-corrected chi connectivity index (χ3v) is 3.11. The van der Waals surface area contributed by atoms with Gasteiger partial charge in [0.2, 0.25) is 0 Å². The number of rotatable bonds is 2. The average Bonchev–Trinajstić information content (AvgIpc) is 2.69. The Morgan fingerprint density at radius 2 is 1.93 bits per heavy atom. The van der Waals surface area contributed by atoms with Gasteiger partial charge in [-0.25, -0.2) is 4.57 Å². The van der Waals surface area contributed by atoms with Crippen molar-refractivity contribution in [1.82, 2.24) is 4.57 Å². The van der Waals surface area contributed by atoms with E-state index in [0.717, 1.165) is 9.92 Å². The first-order valence-electron chi connectivity index (χ1n) is 4.61. The second kappa shape index (κ2) is 4.24. The molecule has 3 heteroatoms. The lowest BCUT2D eigenvalue weighted by atomic mass is 10.2. The summed E-state index contributed by atoms with van der Waals surface area (Å²) >= 11 is 1.59. The maximum atomic E-state index is 8.83. The molecule has 0 aliphatic heterocycles. The summed E-state index contributed by atoms with van der Waals surface area (Å²) in [5, 5.41) is 9.77. The van der Waals surface area contributed by atoms with Crippen LogP contribution in [0, 0.1) is 18.4 Å². The molecule has 0 spiro atoms. The molecule has 0 atom stereocenters. The van der Waals surface area contributed by atoms with Crippen molar-refractivity contribution in [3.05, 3.63) is 48.2 Å². The number of hydrogen-bond donors (Lipinski definition) is 0. The van der Waals surface area contributed by atoms with Gasteiger partial charge in [0.15, 0.2) is 6.19 Å². The minimum absolute atomic E-state index is 0.946. The molecule has 0 saturated heterocycles. The van der Waals surface area contributed by atoms with Crippen LogP contribution in [0.25, 0.3) is 0 Å². The molecule has 0 fully saturated rings. The number of benzene rings is 1. The number of nitriles is 1. The molecule has 2 rings (SSSR count). The second-order valence-electron chi connectivity index (χ2n) is 3.23. The second-order valence-corrected chi connectivity index (χ2v) is 4.33. The van der Waals surface area contributed by atoms with E-state index in [-0.39, 0.29) is 0 Å². The molecule has 0 aliphatic carbocycles. The van der Waals surface area contributed by atoms with Gasteiger partial charge in [0.25, 0.3) is 0 Å². The molecular weight excluding hydrogens is 204 g/mol. The maximum absolute atomic E-state index is 8.83. The summed E-state index contributed by atoms with van der Waals surface area (Å²) in [6.45, 7) is 2.06. The van der Waals surface area contributed by atoms with Gasteiger partial charge in [0, 0.05) is 11.1 Å². The van der Waals surface area contributed by atoms with Crippen molar-refractivity contribution in [2.24, 2.45) is 0 Å². The summed E-state index contributed by atoms with van der Waals surface area (Å²) in [7, 11) is 0. The Hall–Kier alpha value is -1.66. The van der Waals surface area contributed by atoms with Crippen LogP contribution in [0.4, 0.5) is 0 Å². The van der Waals surface area contributed by atoms with E-state index in [9.17, 15) is 0 Å². The molecule has 0 N–H and O–H groups in total. The minimum atomic E-state index is 0.946. The molecule has 1 heterocycles. The van der Waals surface area contributed by atoms with Gasteiger partial charge in [0.05, 0.1) is 5.03 Å². The molecular formula is C12H10N2S. The zero-order valence-electron chi connectivity index (χ0n) is 8.34.